The Morgan fingerprint density at radius 2 is 1.85 bits per heavy atom. The van der Waals surface area contributed by atoms with Crippen LogP contribution in [0.2, 0.25) is 0 Å². The average molecular weight is 302 g/mol. The molecule has 1 aromatic carbocycles. The first kappa shape index (κ1) is 18.9. The van der Waals surface area contributed by atoms with Crippen LogP contribution in [0.4, 0.5) is 0 Å². The molecule has 0 aliphatic carbocycles. The lowest BCUT2D eigenvalue weighted by molar-refractivity contribution is -0.146. The third-order valence-electron chi connectivity index (χ3n) is 3.22. The van der Waals surface area contributed by atoms with Crippen molar-refractivity contribution in [1.29, 1.82) is 0 Å². The molecular formula is C15H24ClNO3. The molecule has 0 saturated carbocycles. The van der Waals surface area contributed by atoms with Gasteiger partial charge in [-0.1, -0.05) is 44.2 Å². The quantitative estimate of drug-likeness (QED) is 0.747. The summed E-state index contributed by atoms with van der Waals surface area (Å²) in [6, 6.07) is 9.23. The summed E-state index contributed by atoms with van der Waals surface area (Å²) in [7, 11) is 0. The molecule has 114 valence electrons. The molecular weight excluding hydrogens is 278 g/mol. The van der Waals surface area contributed by atoms with Gasteiger partial charge in [0.05, 0.1) is 6.61 Å². The molecule has 0 aliphatic heterocycles. The highest BCUT2D eigenvalue weighted by atomic mass is 35.5. The number of aliphatic hydroxyl groups excluding tert-OH is 1. The smallest absolute Gasteiger partial charge is 0.315 e. The molecule has 0 heterocycles. The highest BCUT2D eigenvalue weighted by Crippen LogP contribution is 2.16. The Morgan fingerprint density at radius 1 is 1.25 bits per heavy atom. The fourth-order valence-corrected chi connectivity index (χ4v) is 1.92. The summed E-state index contributed by atoms with van der Waals surface area (Å²) in [5, 5.41) is 9.34. The van der Waals surface area contributed by atoms with Crippen LogP contribution in [0.25, 0.3) is 0 Å². The molecule has 1 unspecified atom stereocenters. The van der Waals surface area contributed by atoms with Crippen molar-refractivity contribution in [2.45, 2.75) is 19.8 Å². The first-order valence-corrected chi connectivity index (χ1v) is 6.77. The van der Waals surface area contributed by atoms with Gasteiger partial charge >= 0.3 is 5.97 Å². The molecule has 0 saturated heterocycles. The minimum atomic E-state index is -0.585. The van der Waals surface area contributed by atoms with E-state index < -0.39 is 5.92 Å². The molecule has 0 aliphatic rings. The van der Waals surface area contributed by atoms with Crippen molar-refractivity contribution in [3.63, 3.8) is 0 Å². The number of aliphatic hydroxyl groups is 1. The normalized spacial score (nSPS) is 11.8. The number of hydrogen-bond acceptors (Lipinski definition) is 4. The molecule has 1 N–H and O–H groups in total. The number of halogens is 1. The number of esters is 1. The predicted molar refractivity (Wildman–Crippen MR) is 82.3 cm³/mol. The van der Waals surface area contributed by atoms with Crippen molar-refractivity contribution in [2.24, 2.45) is 0 Å². The average Bonchev–Trinajstić information content (AvgIpc) is 2.45. The predicted octanol–water partition coefficient (Wildman–Crippen LogP) is 2.07. The molecule has 0 fully saturated rings. The third-order valence-corrected chi connectivity index (χ3v) is 3.22. The standard InChI is InChI=1S/C15H23NO3.ClH/c1-3-16(4-2)10-11-19-15(18)14(12-17)13-8-6-5-7-9-13;/h5-9,14,17H,3-4,10-12H2,1-2H3;1H. The Bertz CT molecular complexity index is 369. The Hall–Kier alpha value is -1.10. The topological polar surface area (TPSA) is 49.8 Å². The number of benzene rings is 1. The van der Waals surface area contributed by atoms with E-state index in [1.807, 2.05) is 30.3 Å². The summed E-state index contributed by atoms with van der Waals surface area (Å²) in [5.41, 5.74) is 0.790. The number of ether oxygens (including phenoxy) is 1. The maximum Gasteiger partial charge on any atom is 0.315 e. The van der Waals surface area contributed by atoms with Gasteiger partial charge < -0.3 is 14.7 Å². The lowest BCUT2D eigenvalue weighted by Crippen LogP contribution is -2.29. The van der Waals surface area contributed by atoms with Crippen LogP contribution >= 0.6 is 12.4 Å². The van der Waals surface area contributed by atoms with Gasteiger partial charge in [-0.15, -0.1) is 12.4 Å². The van der Waals surface area contributed by atoms with Crippen LogP contribution in [0.3, 0.4) is 0 Å². The lowest BCUT2D eigenvalue weighted by Gasteiger charge is -2.19. The Morgan fingerprint density at radius 3 is 2.35 bits per heavy atom. The van der Waals surface area contributed by atoms with Crippen LogP contribution < -0.4 is 0 Å². The second-order valence-corrected chi connectivity index (χ2v) is 4.34. The molecule has 0 radical (unpaired) electrons. The molecule has 1 aromatic rings. The molecule has 1 atom stereocenters. The summed E-state index contributed by atoms with van der Waals surface area (Å²) >= 11 is 0. The molecule has 0 aromatic heterocycles. The number of nitrogens with zero attached hydrogens (tertiary/aromatic N) is 1. The maximum atomic E-state index is 11.9. The largest absolute Gasteiger partial charge is 0.464 e. The van der Waals surface area contributed by atoms with E-state index in [2.05, 4.69) is 18.7 Å². The highest BCUT2D eigenvalue weighted by molar-refractivity contribution is 5.85. The van der Waals surface area contributed by atoms with Crippen molar-refractivity contribution in [3.8, 4) is 0 Å². The number of likely N-dealkylation sites (N-methyl/N-ethyl adjacent to an activating group) is 1. The van der Waals surface area contributed by atoms with Gasteiger partial charge in [0.1, 0.15) is 12.5 Å². The minimum absolute atomic E-state index is 0. The minimum Gasteiger partial charge on any atom is -0.464 e. The van der Waals surface area contributed by atoms with Gasteiger partial charge in [-0.25, -0.2) is 0 Å². The zero-order valence-corrected chi connectivity index (χ0v) is 12.9. The number of rotatable bonds is 8. The highest BCUT2D eigenvalue weighted by Gasteiger charge is 2.21. The monoisotopic (exact) mass is 301 g/mol. The van der Waals surface area contributed by atoms with Gasteiger partial charge in [-0.3, -0.25) is 4.79 Å². The van der Waals surface area contributed by atoms with E-state index in [9.17, 15) is 9.90 Å². The Balaban J connectivity index is 0.00000361. The van der Waals surface area contributed by atoms with Gasteiger partial charge in [0, 0.05) is 6.54 Å². The number of carbonyl (C=O) groups is 1. The van der Waals surface area contributed by atoms with Crippen molar-refractivity contribution >= 4 is 18.4 Å². The van der Waals surface area contributed by atoms with Crippen molar-refractivity contribution in [3.05, 3.63) is 35.9 Å². The van der Waals surface area contributed by atoms with Gasteiger partial charge in [0.2, 0.25) is 0 Å². The van der Waals surface area contributed by atoms with E-state index in [4.69, 9.17) is 4.74 Å². The zero-order chi connectivity index (χ0) is 14.1. The van der Waals surface area contributed by atoms with Crippen molar-refractivity contribution < 1.29 is 14.6 Å². The molecule has 0 amide bonds. The first-order chi connectivity index (χ1) is 9.22. The van der Waals surface area contributed by atoms with E-state index in [1.54, 1.807) is 0 Å². The third kappa shape index (κ3) is 5.90. The van der Waals surface area contributed by atoms with Gasteiger partial charge in [-0.2, -0.15) is 0 Å². The summed E-state index contributed by atoms with van der Waals surface area (Å²) < 4.78 is 5.24. The number of hydrogen-bond donors (Lipinski definition) is 1. The van der Waals surface area contributed by atoms with E-state index >= 15 is 0 Å². The second-order valence-electron chi connectivity index (χ2n) is 4.34. The molecule has 1 rings (SSSR count). The molecule has 4 nitrogen and oxygen atoms in total. The fraction of sp³-hybridized carbons (Fsp3) is 0.533. The summed E-state index contributed by atoms with van der Waals surface area (Å²) in [6.07, 6.45) is 0. The van der Waals surface area contributed by atoms with Crippen molar-refractivity contribution in [2.75, 3.05) is 32.8 Å². The van der Waals surface area contributed by atoms with Crippen LogP contribution in [0.1, 0.15) is 25.3 Å². The SMILES string of the molecule is CCN(CC)CCOC(=O)C(CO)c1ccccc1.Cl. The second kappa shape index (κ2) is 10.7. The van der Waals surface area contributed by atoms with Crippen LogP contribution in [-0.4, -0.2) is 48.8 Å². The van der Waals surface area contributed by atoms with E-state index in [0.717, 1.165) is 25.2 Å². The van der Waals surface area contributed by atoms with Crippen LogP contribution in [-0.2, 0) is 9.53 Å². The molecule has 0 bridgehead atoms. The first-order valence-electron chi connectivity index (χ1n) is 6.77. The molecule has 0 spiro atoms. The van der Waals surface area contributed by atoms with E-state index in [1.165, 1.54) is 0 Å². The Labute approximate surface area is 127 Å². The van der Waals surface area contributed by atoms with Gasteiger partial charge in [0.15, 0.2) is 0 Å². The van der Waals surface area contributed by atoms with E-state index in [-0.39, 0.29) is 25.0 Å². The van der Waals surface area contributed by atoms with Crippen LogP contribution in [0, 0.1) is 0 Å². The van der Waals surface area contributed by atoms with Crippen LogP contribution in [0.5, 0.6) is 0 Å². The summed E-state index contributed by atoms with van der Waals surface area (Å²) in [6.45, 7) is 6.90. The number of carbonyl (C=O) groups excluding carboxylic acids is 1. The Kier molecular flexibility index (Phi) is 10.1. The van der Waals surface area contributed by atoms with Crippen molar-refractivity contribution in [1.82, 2.24) is 4.90 Å². The van der Waals surface area contributed by atoms with Crippen LogP contribution in [0.15, 0.2) is 30.3 Å². The molecule has 5 heteroatoms. The zero-order valence-electron chi connectivity index (χ0n) is 12.1. The molecule has 20 heavy (non-hydrogen) atoms. The summed E-state index contributed by atoms with van der Waals surface area (Å²) in [4.78, 5) is 14.1. The fourth-order valence-electron chi connectivity index (χ4n) is 1.92. The maximum absolute atomic E-state index is 11.9. The summed E-state index contributed by atoms with van der Waals surface area (Å²) in [5.74, 6) is -0.946. The van der Waals surface area contributed by atoms with Gasteiger partial charge in [-0.05, 0) is 18.7 Å². The van der Waals surface area contributed by atoms with E-state index in [0.29, 0.717) is 6.61 Å². The lowest BCUT2D eigenvalue weighted by atomic mass is 10.0. The van der Waals surface area contributed by atoms with Gasteiger partial charge in [0.25, 0.3) is 0 Å².